The van der Waals surface area contributed by atoms with Crippen molar-refractivity contribution in [3.63, 3.8) is 0 Å². The van der Waals surface area contributed by atoms with Gasteiger partial charge in [0.2, 0.25) is 0 Å². The normalized spacial score (nSPS) is 26.6. The van der Waals surface area contributed by atoms with Gasteiger partial charge in [-0.3, -0.25) is 0 Å². The first-order valence-corrected chi connectivity index (χ1v) is 6.41. The van der Waals surface area contributed by atoms with Crippen molar-refractivity contribution in [2.45, 2.75) is 64.5 Å². The zero-order chi connectivity index (χ0) is 11.5. The first-order chi connectivity index (χ1) is 6.92. The molecule has 0 unspecified atom stereocenters. The van der Waals surface area contributed by atoms with Crippen LogP contribution in [0.3, 0.4) is 0 Å². The Morgan fingerprint density at radius 1 is 1.19 bits per heavy atom. The molecule has 0 atom stereocenters. The summed E-state index contributed by atoms with van der Waals surface area (Å²) in [5, 5.41) is 0. The zero-order valence-electron chi connectivity index (χ0n) is 11.3. The van der Waals surface area contributed by atoms with Crippen LogP contribution in [0.15, 0.2) is 0 Å². The van der Waals surface area contributed by atoms with Gasteiger partial charge in [0.15, 0.2) is 0 Å². The standard InChI is InChI=1S/C13H28N2.ClH/c1-5-11-6-8-12(9-7-11)15(4)10-13(2,3)14;/h11-12H,5-10,14H2,1-4H3;1H. The lowest BCUT2D eigenvalue weighted by molar-refractivity contribution is 0.142. The summed E-state index contributed by atoms with van der Waals surface area (Å²) in [4.78, 5) is 2.46. The fourth-order valence-corrected chi connectivity index (χ4v) is 2.77. The number of hydrogen-bond donors (Lipinski definition) is 1. The van der Waals surface area contributed by atoms with Gasteiger partial charge in [-0.05, 0) is 52.5 Å². The quantitative estimate of drug-likeness (QED) is 0.829. The number of likely N-dealkylation sites (N-methyl/N-ethyl adjacent to an activating group) is 1. The van der Waals surface area contributed by atoms with E-state index in [0.29, 0.717) is 0 Å². The third-order valence-corrected chi connectivity index (χ3v) is 3.67. The maximum absolute atomic E-state index is 6.05. The molecular weight excluding hydrogens is 220 g/mol. The molecule has 0 heterocycles. The molecule has 1 fully saturated rings. The first kappa shape index (κ1) is 16.2. The SMILES string of the molecule is CCC1CCC(N(C)CC(C)(C)N)CC1.Cl. The average Bonchev–Trinajstić information content (AvgIpc) is 2.15. The van der Waals surface area contributed by atoms with Crippen molar-refractivity contribution < 1.29 is 0 Å². The summed E-state index contributed by atoms with van der Waals surface area (Å²) in [6.45, 7) is 7.55. The van der Waals surface area contributed by atoms with E-state index < -0.39 is 0 Å². The van der Waals surface area contributed by atoms with Crippen LogP contribution in [0.25, 0.3) is 0 Å². The lowest BCUT2D eigenvalue weighted by atomic mass is 9.84. The van der Waals surface area contributed by atoms with Crippen LogP contribution in [0.2, 0.25) is 0 Å². The highest BCUT2D eigenvalue weighted by Gasteiger charge is 2.25. The summed E-state index contributed by atoms with van der Waals surface area (Å²) in [5.41, 5.74) is 6.00. The molecule has 0 radical (unpaired) electrons. The van der Waals surface area contributed by atoms with Gasteiger partial charge < -0.3 is 10.6 Å². The van der Waals surface area contributed by atoms with E-state index in [1.54, 1.807) is 0 Å². The molecule has 3 heteroatoms. The molecule has 0 bridgehead atoms. The van der Waals surface area contributed by atoms with Crippen LogP contribution in [0.1, 0.15) is 52.9 Å². The highest BCUT2D eigenvalue weighted by molar-refractivity contribution is 5.85. The van der Waals surface area contributed by atoms with E-state index in [4.69, 9.17) is 5.73 Å². The van der Waals surface area contributed by atoms with Gasteiger partial charge in [0.25, 0.3) is 0 Å². The van der Waals surface area contributed by atoms with Gasteiger partial charge in [0.05, 0.1) is 0 Å². The summed E-state index contributed by atoms with van der Waals surface area (Å²) in [7, 11) is 2.23. The smallest absolute Gasteiger partial charge is 0.0226 e. The highest BCUT2D eigenvalue weighted by Crippen LogP contribution is 2.29. The van der Waals surface area contributed by atoms with Crippen molar-refractivity contribution in [2.24, 2.45) is 11.7 Å². The largest absolute Gasteiger partial charge is 0.324 e. The van der Waals surface area contributed by atoms with Crippen LogP contribution >= 0.6 is 12.4 Å². The molecule has 0 aromatic carbocycles. The van der Waals surface area contributed by atoms with Gasteiger partial charge in [0, 0.05) is 18.1 Å². The molecule has 16 heavy (non-hydrogen) atoms. The van der Waals surface area contributed by atoms with Crippen molar-refractivity contribution in [1.29, 1.82) is 0 Å². The number of nitrogens with zero attached hydrogens (tertiary/aromatic N) is 1. The van der Waals surface area contributed by atoms with Crippen molar-refractivity contribution in [1.82, 2.24) is 4.90 Å². The number of halogens is 1. The second-order valence-electron chi connectivity index (χ2n) is 5.99. The van der Waals surface area contributed by atoms with E-state index in [2.05, 4.69) is 32.7 Å². The van der Waals surface area contributed by atoms with E-state index >= 15 is 0 Å². The topological polar surface area (TPSA) is 29.3 Å². The Morgan fingerprint density at radius 3 is 2.06 bits per heavy atom. The molecule has 1 aliphatic carbocycles. The van der Waals surface area contributed by atoms with Crippen LogP contribution in [0.4, 0.5) is 0 Å². The van der Waals surface area contributed by atoms with Gasteiger partial charge in [-0.1, -0.05) is 13.3 Å². The van der Waals surface area contributed by atoms with Crippen LogP contribution < -0.4 is 5.73 Å². The number of rotatable bonds is 4. The number of hydrogen-bond acceptors (Lipinski definition) is 2. The second kappa shape index (κ2) is 6.83. The Balaban J connectivity index is 0.00000225. The third kappa shape index (κ3) is 5.51. The molecule has 98 valence electrons. The van der Waals surface area contributed by atoms with E-state index in [9.17, 15) is 0 Å². The van der Waals surface area contributed by atoms with Crippen molar-refractivity contribution in [2.75, 3.05) is 13.6 Å². The molecule has 1 aliphatic rings. The third-order valence-electron chi connectivity index (χ3n) is 3.67. The van der Waals surface area contributed by atoms with Gasteiger partial charge in [-0.2, -0.15) is 0 Å². The minimum atomic E-state index is -0.0592. The Kier molecular flexibility index (Phi) is 6.92. The Morgan fingerprint density at radius 2 is 1.69 bits per heavy atom. The Labute approximate surface area is 107 Å². The maximum Gasteiger partial charge on any atom is 0.0226 e. The predicted molar refractivity (Wildman–Crippen MR) is 74.2 cm³/mol. The summed E-state index contributed by atoms with van der Waals surface area (Å²) in [6.07, 6.45) is 6.92. The molecule has 0 spiro atoms. The minimum absolute atomic E-state index is 0. The van der Waals surface area contributed by atoms with E-state index in [0.717, 1.165) is 18.5 Å². The molecule has 0 aromatic heterocycles. The van der Waals surface area contributed by atoms with Crippen molar-refractivity contribution in [3.8, 4) is 0 Å². The minimum Gasteiger partial charge on any atom is -0.324 e. The van der Waals surface area contributed by atoms with Crippen molar-refractivity contribution >= 4 is 12.4 Å². The summed E-state index contributed by atoms with van der Waals surface area (Å²) < 4.78 is 0. The predicted octanol–water partition coefficient (Wildman–Crippen LogP) is 3.05. The van der Waals surface area contributed by atoms with Crippen LogP contribution in [0.5, 0.6) is 0 Å². The lowest BCUT2D eigenvalue weighted by Gasteiger charge is -2.37. The average molecular weight is 249 g/mol. The Hall–Kier alpha value is 0.210. The zero-order valence-corrected chi connectivity index (χ0v) is 12.1. The van der Waals surface area contributed by atoms with Gasteiger partial charge in [-0.25, -0.2) is 0 Å². The van der Waals surface area contributed by atoms with Gasteiger partial charge >= 0.3 is 0 Å². The molecular formula is C13H29ClN2. The van der Waals surface area contributed by atoms with Crippen LogP contribution in [0, 0.1) is 5.92 Å². The van der Waals surface area contributed by atoms with Crippen LogP contribution in [-0.2, 0) is 0 Å². The molecule has 2 N–H and O–H groups in total. The van der Waals surface area contributed by atoms with Crippen LogP contribution in [-0.4, -0.2) is 30.1 Å². The molecule has 0 aliphatic heterocycles. The second-order valence-corrected chi connectivity index (χ2v) is 5.99. The summed E-state index contributed by atoms with van der Waals surface area (Å²) >= 11 is 0. The fourth-order valence-electron chi connectivity index (χ4n) is 2.77. The monoisotopic (exact) mass is 248 g/mol. The summed E-state index contributed by atoms with van der Waals surface area (Å²) in [5.74, 6) is 0.987. The highest BCUT2D eigenvalue weighted by atomic mass is 35.5. The Bertz CT molecular complexity index is 181. The molecule has 1 rings (SSSR count). The van der Waals surface area contributed by atoms with E-state index in [1.165, 1.54) is 32.1 Å². The molecule has 0 amide bonds. The van der Waals surface area contributed by atoms with Gasteiger partial charge in [-0.15, -0.1) is 12.4 Å². The van der Waals surface area contributed by atoms with Crippen molar-refractivity contribution in [3.05, 3.63) is 0 Å². The van der Waals surface area contributed by atoms with Gasteiger partial charge in [0.1, 0.15) is 0 Å². The molecule has 0 saturated heterocycles. The maximum atomic E-state index is 6.05. The first-order valence-electron chi connectivity index (χ1n) is 6.41. The van der Waals surface area contributed by atoms with E-state index in [-0.39, 0.29) is 17.9 Å². The molecule has 1 saturated carbocycles. The molecule has 0 aromatic rings. The summed E-state index contributed by atoms with van der Waals surface area (Å²) in [6, 6.07) is 0.774. The number of nitrogens with two attached hydrogens (primary N) is 1. The lowest BCUT2D eigenvalue weighted by Crippen LogP contribution is -2.48. The molecule has 2 nitrogen and oxygen atoms in total. The fraction of sp³-hybridized carbons (Fsp3) is 1.00. The van der Waals surface area contributed by atoms with E-state index in [1.807, 2.05) is 0 Å².